The molecule has 1 saturated heterocycles. The van der Waals surface area contributed by atoms with Crippen molar-refractivity contribution in [3.05, 3.63) is 99.5 Å². The van der Waals surface area contributed by atoms with Gasteiger partial charge in [-0.25, -0.2) is 9.78 Å². The van der Waals surface area contributed by atoms with Crippen molar-refractivity contribution >= 4 is 34.8 Å². The molecule has 43 heavy (non-hydrogen) atoms. The van der Waals surface area contributed by atoms with Crippen molar-refractivity contribution in [1.82, 2.24) is 14.5 Å². The van der Waals surface area contributed by atoms with Gasteiger partial charge in [0, 0.05) is 61.1 Å². The Bertz CT molecular complexity index is 1760. The van der Waals surface area contributed by atoms with Gasteiger partial charge in [-0.1, -0.05) is 18.2 Å². The van der Waals surface area contributed by atoms with Crippen molar-refractivity contribution in [2.45, 2.75) is 20.3 Å². The fraction of sp³-hybridized carbons (Fsp3) is 0.273. The lowest BCUT2D eigenvalue weighted by atomic mass is 10.0. The highest BCUT2D eigenvalue weighted by Crippen LogP contribution is 2.36. The molecule has 2 N–H and O–H groups in total. The van der Waals surface area contributed by atoms with Crippen LogP contribution in [0.1, 0.15) is 27.0 Å². The van der Waals surface area contributed by atoms with Crippen LogP contribution in [0.4, 0.5) is 27.7 Å². The number of anilines is 4. The summed E-state index contributed by atoms with van der Waals surface area (Å²) >= 11 is 0. The minimum atomic E-state index is -0.279. The number of carbonyl (C=O) groups excluding carboxylic acids is 2. The molecule has 6 rings (SSSR count). The molecule has 0 unspecified atom stereocenters. The van der Waals surface area contributed by atoms with Gasteiger partial charge in [0.1, 0.15) is 0 Å². The van der Waals surface area contributed by atoms with Crippen LogP contribution in [0.25, 0.3) is 11.3 Å². The summed E-state index contributed by atoms with van der Waals surface area (Å²) in [6.45, 7) is 6.83. The molecule has 2 aliphatic heterocycles. The molecule has 3 aromatic carbocycles. The highest BCUT2D eigenvalue weighted by atomic mass is 16.5. The number of fused-ring (bicyclic) bond motifs is 1. The van der Waals surface area contributed by atoms with Crippen LogP contribution >= 0.6 is 0 Å². The van der Waals surface area contributed by atoms with E-state index in [1.165, 1.54) is 10.1 Å². The van der Waals surface area contributed by atoms with Crippen molar-refractivity contribution in [2.24, 2.45) is 7.05 Å². The van der Waals surface area contributed by atoms with Gasteiger partial charge in [0.05, 0.1) is 18.9 Å². The second-order valence-electron chi connectivity index (χ2n) is 10.9. The number of rotatable bonds is 5. The van der Waals surface area contributed by atoms with E-state index in [0.29, 0.717) is 56.2 Å². The monoisotopic (exact) mass is 578 g/mol. The number of amides is 3. The summed E-state index contributed by atoms with van der Waals surface area (Å²) in [6.07, 6.45) is 2.38. The summed E-state index contributed by atoms with van der Waals surface area (Å²) in [4.78, 5) is 47.3. The molecule has 0 atom stereocenters. The van der Waals surface area contributed by atoms with Gasteiger partial charge in [0.25, 0.3) is 11.5 Å². The lowest BCUT2D eigenvalue weighted by Gasteiger charge is -2.26. The minimum Gasteiger partial charge on any atom is -0.378 e. The zero-order valence-electron chi connectivity index (χ0n) is 24.5. The Labute approximate surface area is 249 Å². The summed E-state index contributed by atoms with van der Waals surface area (Å²) < 4.78 is 6.84. The van der Waals surface area contributed by atoms with E-state index in [4.69, 9.17) is 9.72 Å². The van der Waals surface area contributed by atoms with Crippen LogP contribution in [0.15, 0.2) is 71.7 Å². The van der Waals surface area contributed by atoms with Crippen molar-refractivity contribution in [3.63, 3.8) is 0 Å². The Kier molecular flexibility index (Phi) is 7.69. The van der Waals surface area contributed by atoms with Crippen LogP contribution in [-0.4, -0.2) is 59.2 Å². The van der Waals surface area contributed by atoms with Crippen LogP contribution in [0.5, 0.6) is 0 Å². The number of aryl methyl sites for hydroxylation is 3. The van der Waals surface area contributed by atoms with Gasteiger partial charge in [-0.15, -0.1) is 0 Å². The lowest BCUT2D eigenvalue weighted by molar-refractivity contribution is 0.0303. The molecule has 10 nitrogen and oxygen atoms in total. The van der Waals surface area contributed by atoms with E-state index in [0.717, 1.165) is 28.1 Å². The van der Waals surface area contributed by atoms with E-state index in [-0.39, 0.29) is 23.3 Å². The van der Waals surface area contributed by atoms with Gasteiger partial charge < -0.3 is 24.8 Å². The summed E-state index contributed by atoms with van der Waals surface area (Å²) in [5.74, 6) is 0.132. The Morgan fingerprint density at radius 2 is 1.65 bits per heavy atom. The predicted molar refractivity (Wildman–Crippen MR) is 167 cm³/mol. The Morgan fingerprint density at radius 1 is 0.907 bits per heavy atom. The fourth-order valence-electron chi connectivity index (χ4n) is 5.49. The highest BCUT2D eigenvalue weighted by molar-refractivity contribution is 6.04. The third-order valence-corrected chi connectivity index (χ3v) is 8.07. The van der Waals surface area contributed by atoms with E-state index in [2.05, 4.69) is 10.6 Å². The fourth-order valence-corrected chi connectivity index (χ4v) is 5.49. The molecule has 1 aromatic heterocycles. The van der Waals surface area contributed by atoms with E-state index in [9.17, 15) is 14.4 Å². The molecule has 220 valence electrons. The quantitative estimate of drug-likeness (QED) is 0.350. The zero-order chi connectivity index (χ0) is 30.1. The molecule has 3 amide bonds. The number of aromatic nitrogens is 2. The van der Waals surface area contributed by atoms with E-state index < -0.39 is 0 Å². The van der Waals surface area contributed by atoms with Crippen molar-refractivity contribution in [2.75, 3.05) is 48.4 Å². The van der Waals surface area contributed by atoms with Crippen molar-refractivity contribution < 1.29 is 14.3 Å². The van der Waals surface area contributed by atoms with Crippen molar-refractivity contribution in [1.29, 1.82) is 0 Å². The van der Waals surface area contributed by atoms with E-state index >= 15 is 0 Å². The number of benzene rings is 3. The Hall–Kier alpha value is -4.96. The number of morpholine rings is 1. The summed E-state index contributed by atoms with van der Waals surface area (Å²) in [6, 6.07) is 18.5. The first kappa shape index (κ1) is 28.2. The number of nitrogens with zero attached hydrogens (tertiary/aromatic N) is 4. The first-order valence-corrected chi connectivity index (χ1v) is 14.4. The van der Waals surface area contributed by atoms with Crippen LogP contribution in [0, 0.1) is 13.8 Å². The van der Waals surface area contributed by atoms with E-state index in [1.807, 2.05) is 50.2 Å². The van der Waals surface area contributed by atoms with Crippen LogP contribution in [-0.2, 0) is 18.2 Å². The smallest absolute Gasteiger partial charge is 0.326 e. The predicted octanol–water partition coefficient (Wildman–Crippen LogP) is 4.87. The largest absolute Gasteiger partial charge is 0.378 e. The summed E-state index contributed by atoms with van der Waals surface area (Å²) in [5.41, 5.74) is 7.30. The number of carbonyl (C=O) groups is 2. The van der Waals surface area contributed by atoms with Crippen LogP contribution < -0.4 is 21.1 Å². The van der Waals surface area contributed by atoms with Crippen LogP contribution in [0.3, 0.4) is 0 Å². The maximum Gasteiger partial charge on any atom is 0.326 e. The molecule has 1 fully saturated rings. The third-order valence-electron chi connectivity index (χ3n) is 8.07. The maximum absolute atomic E-state index is 13.2. The average Bonchev–Trinajstić information content (AvgIpc) is 3.46. The van der Waals surface area contributed by atoms with Crippen LogP contribution in [0.2, 0.25) is 0 Å². The summed E-state index contributed by atoms with van der Waals surface area (Å²) in [7, 11) is 1.69. The normalized spacial score (nSPS) is 14.4. The average molecular weight is 579 g/mol. The lowest BCUT2D eigenvalue weighted by Crippen LogP contribution is -2.40. The van der Waals surface area contributed by atoms with Gasteiger partial charge in [-0.2, -0.15) is 0 Å². The molecule has 0 radical (unpaired) electrons. The first-order valence-electron chi connectivity index (χ1n) is 14.4. The van der Waals surface area contributed by atoms with Gasteiger partial charge in [0.15, 0.2) is 5.82 Å². The first-order chi connectivity index (χ1) is 20.8. The number of hydrogen-bond donors (Lipinski definition) is 2. The molecule has 0 aliphatic carbocycles. The Balaban J connectivity index is 1.23. The molecular formula is C33H34N6O4. The third kappa shape index (κ3) is 5.74. The standard InChI is InChI=1S/C33H34N6O4/c1-21-7-10-25(19-22(21)2)35-33(42)39-14-13-27-26(5-4-6-29(27)39)28-20-37(3)32(41)30(36-28)34-24-11-8-23(9-12-24)31(40)38-15-17-43-18-16-38/h4-12,19-20H,13-18H2,1-3H3,(H,34,36)(H,35,42). The molecule has 0 spiro atoms. The molecule has 0 bridgehead atoms. The zero-order valence-corrected chi connectivity index (χ0v) is 24.5. The second-order valence-corrected chi connectivity index (χ2v) is 10.9. The molecule has 4 aromatic rings. The number of nitrogens with one attached hydrogen (secondary N) is 2. The molecule has 10 heteroatoms. The van der Waals surface area contributed by atoms with Gasteiger partial charge in [0.2, 0.25) is 0 Å². The van der Waals surface area contributed by atoms with Gasteiger partial charge in [-0.3, -0.25) is 14.5 Å². The second kappa shape index (κ2) is 11.7. The molecule has 0 saturated carbocycles. The summed E-state index contributed by atoms with van der Waals surface area (Å²) in [5, 5.41) is 6.16. The number of urea groups is 1. The Morgan fingerprint density at radius 3 is 2.40 bits per heavy atom. The topological polar surface area (TPSA) is 109 Å². The van der Waals surface area contributed by atoms with E-state index in [1.54, 1.807) is 47.3 Å². The number of ether oxygens (including phenoxy) is 1. The SMILES string of the molecule is Cc1ccc(NC(=O)N2CCc3c(-c4cn(C)c(=O)c(Nc5ccc(C(=O)N6CCOCC6)cc5)n4)cccc32)cc1C. The molecular weight excluding hydrogens is 544 g/mol. The maximum atomic E-state index is 13.2. The molecule has 2 aliphatic rings. The highest BCUT2D eigenvalue weighted by Gasteiger charge is 2.28. The number of hydrogen-bond acceptors (Lipinski definition) is 6. The van der Waals surface area contributed by atoms with Gasteiger partial charge in [-0.05, 0) is 79.4 Å². The molecule has 3 heterocycles. The van der Waals surface area contributed by atoms with Gasteiger partial charge >= 0.3 is 6.03 Å². The minimum absolute atomic E-state index is 0.0412. The van der Waals surface area contributed by atoms with Crippen molar-refractivity contribution in [3.8, 4) is 11.3 Å².